The maximum absolute atomic E-state index is 8.61. The van der Waals surface area contributed by atoms with Gasteiger partial charge in [0.15, 0.2) is 0 Å². The molecule has 2 N–H and O–H groups in total. The molecule has 0 amide bonds. The van der Waals surface area contributed by atoms with Crippen molar-refractivity contribution in [1.82, 2.24) is 0 Å². The molecule has 0 aliphatic heterocycles. The van der Waals surface area contributed by atoms with Crippen LogP contribution in [-0.4, -0.2) is 23.4 Å². The molecule has 0 heterocycles. The van der Waals surface area contributed by atoms with E-state index in [1.165, 1.54) is 0 Å². The minimum atomic E-state index is -0.616. The molecule has 0 fully saturated rings. The van der Waals surface area contributed by atoms with Crippen LogP contribution in [0, 0.1) is 16.7 Å². The molecule has 0 unspecified atom stereocenters. The van der Waals surface area contributed by atoms with E-state index in [9.17, 15) is 0 Å². The Morgan fingerprint density at radius 2 is 1.89 bits per heavy atom. The highest BCUT2D eigenvalue weighted by molar-refractivity contribution is 4.84. The summed E-state index contributed by atoms with van der Waals surface area (Å²) in [5.74, 6) is 0. The smallest absolute Gasteiger partial charge is 0.0629 e. The summed E-state index contributed by atoms with van der Waals surface area (Å²) in [6.45, 7) is 1.38. The molecule has 3 heteroatoms. The summed E-state index contributed by atoms with van der Waals surface area (Å²) in [4.78, 5) is 0. The SMILES string of the molecule is CC(CO)(CO)CC#N. The standard InChI is InChI=1S/C6H11NO2/c1-6(4-8,5-9)2-3-7/h8-9H,2,4-5H2,1H3. The van der Waals surface area contributed by atoms with Crippen molar-refractivity contribution in [2.24, 2.45) is 5.41 Å². The number of aliphatic hydroxyl groups excluding tert-OH is 2. The molecule has 0 aliphatic carbocycles. The Kier molecular flexibility index (Phi) is 3.21. The van der Waals surface area contributed by atoms with Crippen molar-refractivity contribution >= 4 is 0 Å². The fourth-order valence-electron chi connectivity index (χ4n) is 0.353. The lowest BCUT2D eigenvalue weighted by Crippen LogP contribution is -2.25. The van der Waals surface area contributed by atoms with Crippen molar-refractivity contribution in [3.8, 4) is 6.07 Å². The lowest BCUT2D eigenvalue weighted by atomic mass is 9.90. The molecule has 0 saturated heterocycles. The summed E-state index contributed by atoms with van der Waals surface area (Å²) in [5.41, 5.74) is -0.616. The van der Waals surface area contributed by atoms with Gasteiger partial charge in [0.2, 0.25) is 0 Å². The van der Waals surface area contributed by atoms with Gasteiger partial charge in [-0.2, -0.15) is 5.26 Å². The highest BCUT2D eigenvalue weighted by atomic mass is 16.3. The van der Waals surface area contributed by atoms with Gasteiger partial charge < -0.3 is 10.2 Å². The quantitative estimate of drug-likeness (QED) is 0.559. The number of aliphatic hydroxyl groups is 2. The summed E-state index contributed by atoms with van der Waals surface area (Å²) in [5, 5.41) is 25.4. The second kappa shape index (κ2) is 3.44. The fraction of sp³-hybridized carbons (Fsp3) is 0.833. The normalized spacial score (nSPS) is 10.9. The molecule has 0 rings (SSSR count). The van der Waals surface area contributed by atoms with Crippen LogP contribution in [0.1, 0.15) is 13.3 Å². The summed E-state index contributed by atoms with van der Waals surface area (Å²) < 4.78 is 0. The molecule has 3 nitrogen and oxygen atoms in total. The molecular weight excluding hydrogens is 118 g/mol. The van der Waals surface area contributed by atoms with Gasteiger partial charge in [0.05, 0.1) is 19.3 Å². The van der Waals surface area contributed by atoms with Crippen molar-refractivity contribution in [1.29, 1.82) is 5.26 Å². The Morgan fingerprint density at radius 3 is 2.00 bits per heavy atom. The molecule has 0 spiro atoms. The summed E-state index contributed by atoms with van der Waals surface area (Å²) >= 11 is 0. The van der Waals surface area contributed by atoms with E-state index < -0.39 is 5.41 Å². The Labute approximate surface area is 54.5 Å². The van der Waals surface area contributed by atoms with Gasteiger partial charge in [0, 0.05) is 11.8 Å². The van der Waals surface area contributed by atoms with Gasteiger partial charge >= 0.3 is 0 Å². The van der Waals surface area contributed by atoms with Crippen LogP contribution in [0.5, 0.6) is 0 Å². The van der Waals surface area contributed by atoms with Crippen LogP contribution in [0.4, 0.5) is 0 Å². The predicted molar refractivity (Wildman–Crippen MR) is 32.5 cm³/mol. The third-order valence-corrected chi connectivity index (χ3v) is 1.27. The highest BCUT2D eigenvalue weighted by Gasteiger charge is 2.21. The zero-order valence-corrected chi connectivity index (χ0v) is 5.46. The molecule has 0 atom stereocenters. The van der Waals surface area contributed by atoms with E-state index >= 15 is 0 Å². The predicted octanol–water partition coefficient (Wildman–Crippen LogP) is -0.109. The van der Waals surface area contributed by atoms with E-state index in [1.54, 1.807) is 6.92 Å². The Morgan fingerprint density at radius 1 is 1.44 bits per heavy atom. The molecule has 0 saturated carbocycles. The first-order valence-corrected chi connectivity index (χ1v) is 2.77. The van der Waals surface area contributed by atoms with Crippen molar-refractivity contribution in [3.05, 3.63) is 0 Å². The largest absolute Gasteiger partial charge is 0.396 e. The van der Waals surface area contributed by atoms with Crippen LogP contribution in [0.3, 0.4) is 0 Å². The molecule has 0 bridgehead atoms. The van der Waals surface area contributed by atoms with Crippen LogP contribution in [-0.2, 0) is 0 Å². The van der Waals surface area contributed by atoms with Crippen molar-refractivity contribution < 1.29 is 10.2 Å². The van der Waals surface area contributed by atoms with Gasteiger partial charge in [-0.25, -0.2) is 0 Å². The number of hydrogen-bond donors (Lipinski definition) is 2. The molecule has 52 valence electrons. The van der Waals surface area contributed by atoms with Crippen molar-refractivity contribution in [2.75, 3.05) is 13.2 Å². The molecule has 0 aromatic heterocycles. The van der Waals surface area contributed by atoms with Crippen molar-refractivity contribution in [2.45, 2.75) is 13.3 Å². The second-order valence-electron chi connectivity index (χ2n) is 2.46. The van der Waals surface area contributed by atoms with E-state index in [-0.39, 0.29) is 19.6 Å². The molecule has 0 radical (unpaired) electrons. The third-order valence-electron chi connectivity index (χ3n) is 1.27. The summed E-state index contributed by atoms with van der Waals surface area (Å²) in [6.07, 6.45) is 0.194. The van der Waals surface area contributed by atoms with Gasteiger partial charge in [0.25, 0.3) is 0 Å². The maximum atomic E-state index is 8.61. The van der Waals surface area contributed by atoms with Gasteiger partial charge in [-0.15, -0.1) is 0 Å². The van der Waals surface area contributed by atoms with Gasteiger partial charge in [-0.05, 0) is 0 Å². The van der Waals surface area contributed by atoms with E-state index in [4.69, 9.17) is 15.5 Å². The minimum absolute atomic E-state index is 0.142. The number of nitriles is 1. The van der Waals surface area contributed by atoms with E-state index in [2.05, 4.69) is 0 Å². The average Bonchev–Trinajstić information content (AvgIpc) is 1.89. The Balaban J connectivity index is 3.80. The molecule has 9 heavy (non-hydrogen) atoms. The van der Waals surface area contributed by atoms with Crippen LogP contribution in [0.2, 0.25) is 0 Å². The maximum Gasteiger partial charge on any atom is 0.0629 e. The zero-order chi connectivity index (χ0) is 7.33. The van der Waals surface area contributed by atoms with E-state index in [0.29, 0.717) is 0 Å². The monoisotopic (exact) mass is 129 g/mol. The number of nitrogens with zero attached hydrogens (tertiary/aromatic N) is 1. The Hall–Kier alpha value is -0.590. The minimum Gasteiger partial charge on any atom is -0.396 e. The number of hydrogen-bond acceptors (Lipinski definition) is 3. The first-order chi connectivity index (χ1) is 4.18. The molecule has 0 aromatic carbocycles. The highest BCUT2D eigenvalue weighted by Crippen LogP contribution is 2.17. The first kappa shape index (κ1) is 8.41. The Bertz CT molecular complexity index is 113. The van der Waals surface area contributed by atoms with E-state index in [0.717, 1.165) is 0 Å². The molecule has 0 aliphatic rings. The molecule has 0 aromatic rings. The second-order valence-corrected chi connectivity index (χ2v) is 2.46. The third kappa shape index (κ3) is 2.45. The van der Waals surface area contributed by atoms with Gasteiger partial charge in [-0.3, -0.25) is 0 Å². The lowest BCUT2D eigenvalue weighted by Gasteiger charge is -2.19. The van der Waals surface area contributed by atoms with Crippen LogP contribution >= 0.6 is 0 Å². The topological polar surface area (TPSA) is 64.2 Å². The lowest BCUT2D eigenvalue weighted by molar-refractivity contribution is 0.0740. The van der Waals surface area contributed by atoms with Crippen LogP contribution < -0.4 is 0 Å². The summed E-state index contributed by atoms with van der Waals surface area (Å²) in [6, 6.07) is 1.89. The zero-order valence-electron chi connectivity index (χ0n) is 5.46. The van der Waals surface area contributed by atoms with Crippen LogP contribution in [0.25, 0.3) is 0 Å². The molecular formula is C6H11NO2. The first-order valence-electron chi connectivity index (χ1n) is 2.77. The van der Waals surface area contributed by atoms with E-state index in [1.807, 2.05) is 6.07 Å². The fourth-order valence-corrected chi connectivity index (χ4v) is 0.353. The average molecular weight is 129 g/mol. The van der Waals surface area contributed by atoms with Crippen LogP contribution in [0.15, 0.2) is 0 Å². The number of rotatable bonds is 3. The van der Waals surface area contributed by atoms with Gasteiger partial charge in [-0.1, -0.05) is 6.92 Å². The van der Waals surface area contributed by atoms with Gasteiger partial charge in [0.1, 0.15) is 0 Å². The summed E-state index contributed by atoms with van der Waals surface area (Å²) in [7, 11) is 0. The van der Waals surface area contributed by atoms with Crippen molar-refractivity contribution in [3.63, 3.8) is 0 Å².